The second-order valence-electron chi connectivity index (χ2n) is 7.50. The van der Waals surface area contributed by atoms with E-state index in [1.807, 2.05) is 10.9 Å². The van der Waals surface area contributed by atoms with Crippen molar-refractivity contribution in [3.05, 3.63) is 47.5 Å². The predicted octanol–water partition coefficient (Wildman–Crippen LogP) is 2.27. The molecule has 2 heterocycles. The minimum atomic E-state index is -0.488. The van der Waals surface area contributed by atoms with E-state index < -0.39 is 11.9 Å². The molecule has 152 valence electrons. The summed E-state index contributed by atoms with van der Waals surface area (Å²) in [7, 11) is 0. The van der Waals surface area contributed by atoms with Crippen LogP contribution >= 0.6 is 0 Å². The summed E-state index contributed by atoms with van der Waals surface area (Å²) in [6, 6.07) is 5.23. The van der Waals surface area contributed by atoms with Crippen molar-refractivity contribution in [3.63, 3.8) is 0 Å². The van der Waals surface area contributed by atoms with Gasteiger partial charge in [0, 0.05) is 18.3 Å². The summed E-state index contributed by atoms with van der Waals surface area (Å²) < 4.78 is 21.1. The SMILES string of the molecule is CC(C)c1cn(CC[C@H]2CC[C@@H](NC(=O)c3cccc(F)c3)[C@H](CO)O2)nn1. The molecule has 1 fully saturated rings. The van der Waals surface area contributed by atoms with Crippen LogP contribution in [0.3, 0.4) is 0 Å². The number of hydrogen-bond donors (Lipinski definition) is 2. The zero-order chi connectivity index (χ0) is 20.1. The number of halogens is 1. The van der Waals surface area contributed by atoms with E-state index in [0.717, 1.165) is 18.5 Å². The number of aliphatic hydroxyl groups is 1. The fourth-order valence-corrected chi connectivity index (χ4v) is 3.35. The van der Waals surface area contributed by atoms with E-state index in [0.29, 0.717) is 18.9 Å². The van der Waals surface area contributed by atoms with E-state index in [4.69, 9.17) is 4.74 Å². The molecule has 8 heteroatoms. The van der Waals surface area contributed by atoms with Crippen LogP contribution in [0.2, 0.25) is 0 Å². The molecule has 1 aliphatic rings. The Hall–Kier alpha value is -2.32. The fraction of sp³-hybridized carbons (Fsp3) is 0.550. The van der Waals surface area contributed by atoms with Crippen LogP contribution in [0, 0.1) is 5.82 Å². The number of benzene rings is 1. The molecule has 1 aromatic heterocycles. The van der Waals surface area contributed by atoms with Crippen molar-refractivity contribution in [2.45, 2.75) is 63.8 Å². The number of amides is 1. The first-order valence-electron chi connectivity index (χ1n) is 9.69. The topological polar surface area (TPSA) is 89.3 Å². The number of carbonyl (C=O) groups excluding carboxylic acids is 1. The number of hydrogen-bond acceptors (Lipinski definition) is 5. The van der Waals surface area contributed by atoms with E-state index >= 15 is 0 Å². The highest BCUT2D eigenvalue weighted by Gasteiger charge is 2.32. The van der Waals surface area contributed by atoms with Gasteiger partial charge in [0.25, 0.3) is 5.91 Å². The smallest absolute Gasteiger partial charge is 0.251 e. The van der Waals surface area contributed by atoms with Crippen LogP contribution in [-0.4, -0.2) is 50.9 Å². The second-order valence-corrected chi connectivity index (χ2v) is 7.50. The van der Waals surface area contributed by atoms with Gasteiger partial charge in [0.05, 0.1) is 24.4 Å². The highest BCUT2D eigenvalue weighted by molar-refractivity contribution is 5.94. The summed E-state index contributed by atoms with van der Waals surface area (Å²) in [4.78, 5) is 12.3. The van der Waals surface area contributed by atoms with E-state index in [1.54, 1.807) is 6.07 Å². The molecule has 2 N–H and O–H groups in total. The molecule has 0 saturated carbocycles. The number of rotatable bonds is 7. The van der Waals surface area contributed by atoms with E-state index in [2.05, 4.69) is 29.5 Å². The number of carbonyl (C=O) groups is 1. The van der Waals surface area contributed by atoms with Crippen molar-refractivity contribution in [1.29, 1.82) is 0 Å². The number of aliphatic hydroxyl groups excluding tert-OH is 1. The van der Waals surface area contributed by atoms with E-state index in [-0.39, 0.29) is 30.2 Å². The van der Waals surface area contributed by atoms with Crippen LogP contribution in [0.1, 0.15) is 55.1 Å². The molecule has 28 heavy (non-hydrogen) atoms. The molecule has 1 aliphatic heterocycles. The maximum atomic E-state index is 13.3. The van der Waals surface area contributed by atoms with Gasteiger partial charge in [0.1, 0.15) is 11.9 Å². The Morgan fingerprint density at radius 2 is 2.25 bits per heavy atom. The molecule has 0 bridgehead atoms. The minimum Gasteiger partial charge on any atom is -0.394 e. The molecule has 1 saturated heterocycles. The lowest BCUT2D eigenvalue weighted by Crippen LogP contribution is -2.51. The van der Waals surface area contributed by atoms with Gasteiger partial charge in [0.15, 0.2) is 0 Å². The zero-order valence-corrected chi connectivity index (χ0v) is 16.2. The van der Waals surface area contributed by atoms with Gasteiger partial charge < -0.3 is 15.2 Å². The van der Waals surface area contributed by atoms with Gasteiger partial charge in [-0.2, -0.15) is 0 Å². The number of aryl methyl sites for hydroxylation is 1. The molecule has 3 atom stereocenters. The number of nitrogens with one attached hydrogen (secondary N) is 1. The monoisotopic (exact) mass is 390 g/mol. The largest absolute Gasteiger partial charge is 0.394 e. The van der Waals surface area contributed by atoms with E-state index in [1.165, 1.54) is 18.2 Å². The van der Waals surface area contributed by atoms with Crippen LogP contribution in [0.15, 0.2) is 30.5 Å². The Labute approximate surface area is 163 Å². The lowest BCUT2D eigenvalue weighted by molar-refractivity contribution is -0.0912. The molecule has 7 nitrogen and oxygen atoms in total. The quantitative estimate of drug-likeness (QED) is 0.757. The van der Waals surface area contributed by atoms with Gasteiger partial charge in [-0.15, -0.1) is 5.10 Å². The molecule has 0 radical (unpaired) electrons. The molecule has 2 aromatic rings. The third kappa shape index (κ3) is 5.14. The van der Waals surface area contributed by atoms with Crippen molar-refractivity contribution in [2.75, 3.05) is 6.61 Å². The lowest BCUT2D eigenvalue weighted by Gasteiger charge is -2.36. The molecule has 1 amide bonds. The highest BCUT2D eigenvalue weighted by atomic mass is 19.1. The third-order valence-corrected chi connectivity index (χ3v) is 5.03. The van der Waals surface area contributed by atoms with Gasteiger partial charge in [-0.3, -0.25) is 9.48 Å². The molecule has 3 rings (SSSR count). The van der Waals surface area contributed by atoms with Gasteiger partial charge >= 0.3 is 0 Å². The summed E-state index contributed by atoms with van der Waals surface area (Å²) in [5.74, 6) is -0.491. The zero-order valence-electron chi connectivity index (χ0n) is 16.2. The van der Waals surface area contributed by atoms with Gasteiger partial charge in [-0.1, -0.05) is 25.1 Å². The van der Waals surface area contributed by atoms with Gasteiger partial charge in [0.2, 0.25) is 0 Å². The molecule has 1 aromatic carbocycles. The molecule has 0 spiro atoms. The van der Waals surface area contributed by atoms with Crippen LogP contribution in [0.25, 0.3) is 0 Å². The molecule has 0 aliphatic carbocycles. The average Bonchev–Trinajstić information content (AvgIpc) is 3.16. The minimum absolute atomic E-state index is 0.0221. The second kappa shape index (κ2) is 9.25. The van der Waals surface area contributed by atoms with Crippen molar-refractivity contribution < 1.29 is 19.0 Å². The summed E-state index contributed by atoms with van der Waals surface area (Å²) in [6.45, 7) is 4.64. The number of nitrogens with zero attached hydrogens (tertiary/aromatic N) is 3. The van der Waals surface area contributed by atoms with Crippen LogP contribution < -0.4 is 5.32 Å². The van der Waals surface area contributed by atoms with Gasteiger partial charge in [-0.25, -0.2) is 4.39 Å². The van der Waals surface area contributed by atoms with Crippen molar-refractivity contribution in [1.82, 2.24) is 20.3 Å². The fourth-order valence-electron chi connectivity index (χ4n) is 3.35. The van der Waals surface area contributed by atoms with Crippen LogP contribution in [0.5, 0.6) is 0 Å². The summed E-state index contributed by atoms with van der Waals surface area (Å²) in [5, 5.41) is 20.8. The first-order valence-corrected chi connectivity index (χ1v) is 9.69. The van der Waals surface area contributed by atoms with Crippen molar-refractivity contribution in [2.24, 2.45) is 0 Å². The Morgan fingerprint density at radius 3 is 2.93 bits per heavy atom. The molecular weight excluding hydrogens is 363 g/mol. The van der Waals surface area contributed by atoms with Crippen molar-refractivity contribution >= 4 is 5.91 Å². The standard InChI is InChI=1S/C20H27FN4O3/c1-13(2)18-11-25(24-23-18)9-8-16-6-7-17(19(12-26)28-16)22-20(27)14-4-3-5-15(21)10-14/h3-5,10-11,13,16-17,19,26H,6-9,12H2,1-2H3,(H,22,27)/t16-,17-,19+/m1/s1. The maximum absolute atomic E-state index is 13.3. The number of ether oxygens (including phenoxy) is 1. The maximum Gasteiger partial charge on any atom is 0.251 e. The predicted molar refractivity (Wildman–Crippen MR) is 101 cm³/mol. The average molecular weight is 390 g/mol. The summed E-state index contributed by atoms with van der Waals surface area (Å²) in [5.41, 5.74) is 1.21. The first kappa shape index (κ1) is 20.4. The number of aromatic nitrogens is 3. The first-order chi connectivity index (χ1) is 13.5. The lowest BCUT2D eigenvalue weighted by atomic mass is 9.96. The normalized spacial score (nSPS) is 22.4. The Kier molecular flexibility index (Phi) is 6.74. The van der Waals surface area contributed by atoms with Crippen LogP contribution in [-0.2, 0) is 11.3 Å². The van der Waals surface area contributed by atoms with Crippen LogP contribution in [0.4, 0.5) is 4.39 Å². The van der Waals surface area contributed by atoms with Crippen molar-refractivity contribution in [3.8, 4) is 0 Å². The Balaban J connectivity index is 1.52. The highest BCUT2D eigenvalue weighted by Crippen LogP contribution is 2.23. The van der Waals surface area contributed by atoms with Gasteiger partial charge in [-0.05, 0) is 43.4 Å². The molecular formula is C20H27FN4O3. The van der Waals surface area contributed by atoms with E-state index in [9.17, 15) is 14.3 Å². The third-order valence-electron chi connectivity index (χ3n) is 5.03. The Bertz CT molecular complexity index is 795. The summed E-state index contributed by atoms with van der Waals surface area (Å²) >= 11 is 0. The Morgan fingerprint density at radius 1 is 1.43 bits per heavy atom. The molecule has 0 unspecified atom stereocenters. The summed E-state index contributed by atoms with van der Waals surface area (Å²) in [6.07, 6.45) is 3.63.